The Bertz CT molecular complexity index is 664. The molecule has 0 fully saturated rings. The van der Waals surface area contributed by atoms with Crippen molar-refractivity contribution in [1.29, 1.82) is 0 Å². The normalized spacial score (nSPS) is 12.9. The molecule has 1 aromatic rings. The van der Waals surface area contributed by atoms with Gasteiger partial charge in [-0.25, -0.2) is 17.5 Å². The first-order chi connectivity index (χ1) is 11.2. The van der Waals surface area contributed by atoms with Crippen LogP contribution in [0.4, 0.5) is 4.79 Å². The molecule has 2 N–H and O–H groups in total. The predicted octanol–water partition coefficient (Wildman–Crippen LogP) is 3.03. The highest BCUT2D eigenvalue weighted by molar-refractivity contribution is 7.89. The van der Waals surface area contributed by atoms with Gasteiger partial charge in [0.05, 0.1) is 21.8 Å². The zero-order chi connectivity index (χ0) is 18.3. The van der Waals surface area contributed by atoms with Crippen LogP contribution in [0.15, 0.2) is 18.2 Å². The molecule has 0 radical (unpaired) electrons. The van der Waals surface area contributed by atoms with Gasteiger partial charge in [-0.05, 0) is 24.6 Å². The number of benzene rings is 1. The molecule has 1 aromatic carbocycles. The Kier molecular flexibility index (Phi) is 8.29. The number of halogens is 2. The summed E-state index contributed by atoms with van der Waals surface area (Å²) in [5.41, 5.74) is 0.801. The van der Waals surface area contributed by atoms with Crippen LogP contribution in [-0.4, -0.2) is 44.1 Å². The molecule has 9 heteroatoms. The largest absolute Gasteiger partial charge is 0.337 e. The van der Waals surface area contributed by atoms with Crippen molar-refractivity contribution in [1.82, 2.24) is 14.9 Å². The number of nitrogens with one attached hydrogen (secondary N) is 2. The average Bonchev–Trinajstić information content (AvgIpc) is 2.50. The zero-order valence-corrected chi connectivity index (χ0v) is 16.3. The van der Waals surface area contributed by atoms with Crippen LogP contribution in [0.2, 0.25) is 10.0 Å². The second kappa shape index (κ2) is 9.46. The van der Waals surface area contributed by atoms with Gasteiger partial charge in [-0.15, -0.1) is 0 Å². The number of amides is 2. The van der Waals surface area contributed by atoms with Crippen LogP contribution in [-0.2, 0) is 10.0 Å². The maximum absolute atomic E-state index is 12.0. The van der Waals surface area contributed by atoms with Crippen molar-refractivity contribution < 1.29 is 13.2 Å². The summed E-state index contributed by atoms with van der Waals surface area (Å²) in [5.74, 6) is -0.136. The smallest absolute Gasteiger partial charge is 0.315 e. The first-order valence-electron chi connectivity index (χ1n) is 7.68. The number of urea groups is 1. The van der Waals surface area contributed by atoms with Crippen molar-refractivity contribution in [3.8, 4) is 0 Å². The Morgan fingerprint density at radius 2 is 1.83 bits per heavy atom. The summed E-state index contributed by atoms with van der Waals surface area (Å²) >= 11 is 11.8. The van der Waals surface area contributed by atoms with Crippen molar-refractivity contribution in [2.45, 2.75) is 26.8 Å². The summed E-state index contributed by atoms with van der Waals surface area (Å²) in [4.78, 5) is 11.9. The molecule has 0 bridgehead atoms. The van der Waals surface area contributed by atoms with E-state index >= 15 is 0 Å². The summed E-state index contributed by atoms with van der Waals surface area (Å²) in [6.07, 6.45) is 0. The maximum atomic E-state index is 12.0. The van der Waals surface area contributed by atoms with Gasteiger partial charge in [-0.2, -0.15) is 0 Å². The second-order valence-electron chi connectivity index (χ2n) is 5.20. The van der Waals surface area contributed by atoms with E-state index in [9.17, 15) is 13.2 Å². The molecule has 1 atom stereocenters. The van der Waals surface area contributed by atoms with Crippen LogP contribution in [0.1, 0.15) is 32.4 Å². The first-order valence-corrected chi connectivity index (χ1v) is 10.0. The van der Waals surface area contributed by atoms with Crippen molar-refractivity contribution in [3.63, 3.8) is 0 Å². The molecule has 0 aliphatic carbocycles. The Hall–Kier alpha value is -1.02. The highest BCUT2D eigenvalue weighted by atomic mass is 35.5. The lowest BCUT2D eigenvalue weighted by Gasteiger charge is -2.19. The molecular weight excluding hydrogens is 373 g/mol. The Morgan fingerprint density at radius 3 is 2.38 bits per heavy atom. The monoisotopic (exact) mass is 395 g/mol. The molecule has 0 heterocycles. The van der Waals surface area contributed by atoms with Gasteiger partial charge in [0.25, 0.3) is 0 Å². The fourth-order valence-electron chi connectivity index (χ4n) is 2.15. The first kappa shape index (κ1) is 21.0. The lowest BCUT2D eigenvalue weighted by molar-refractivity contribution is 0.238. The number of hydrogen-bond donors (Lipinski definition) is 2. The van der Waals surface area contributed by atoms with E-state index in [4.69, 9.17) is 23.2 Å². The van der Waals surface area contributed by atoms with E-state index < -0.39 is 16.1 Å². The van der Waals surface area contributed by atoms with Crippen LogP contribution in [0.25, 0.3) is 0 Å². The number of carbonyl (C=O) groups excluding carboxylic acids is 1. The molecule has 24 heavy (non-hydrogen) atoms. The average molecular weight is 396 g/mol. The van der Waals surface area contributed by atoms with Crippen molar-refractivity contribution in [3.05, 3.63) is 33.8 Å². The quantitative estimate of drug-likeness (QED) is 0.709. The topological polar surface area (TPSA) is 78.5 Å². The third kappa shape index (κ3) is 6.12. The summed E-state index contributed by atoms with van der Waals surface area (Å²) in [5, 5.41) is 6.13. The number of hydrogen-bond acceptors (Lipinski definition) is 3. The van der Waals surface area contributed by atoms with Gasteiger partial charge in [0, 0.05) is 19.6 Å². The Labute approximate surface area is 153 Å². The molecule has 0 saturated heterocycles. The summed E-state index contributed by atoms with van der Waals surface area (Å²) < 4.78 is 25.4. The van der Waals surface area contributed by atoms with E-state index in [1.807, 2.05) is 0 Å². The number of rotatable bonds is 8. The van der Waals surface area contributed by atoms with Crippen LogP contribution < -0.4 is 10.6 Å². The van der Waals surface area contributed by atoms with Crippen molar-refractivity contribution >= 4 is 39.3 Å². The van der Waals surface area contributed by atoms with E-state index in [2.05, 4.69) is 10.6 Å². The van der Waals surface area contributed by atoms with E-state index in [0.29, 0.717) is 23.1 Å². The minimum absolute atomic E-state index is 0.0404. The molecule has 0 aliphatic rings. The highest BCUT2D eigenvalue weighted by Gasteiger charge is 2.18. The minimum Gasteiger partial charge on any atom is -0.337 e. The van der Waals surface area contributed by atoms with Crippen LogP contribution in [0, 0.1) is 0 Å². The van der Waals surface area contributed by atoms with Gasteiger partial charge >= 0.3 is 6.03 Å². The van der Waals surface area contributed by atoms with Crippen LogP contribution in [0.5, 0.6) is 0 Å². The molecule has 0 spiro atoms. The summed E-state index contributed by atoms with van der Waals surface area (Å²) in [6, 6.07) is 4.37. The van der Waals surface area contributed by atoms with Gasteiger partial charge in [0.2, 0.25) is 10.0 Å². The van der Waals surface area contributed by atoms with E-state index in [0.717, 1.165) is 5.56 Å². The molecule has 0 aliphatic heterocycles. The SMILES string of the molecule is CCN(CC)S(=O)(=O)CCNC(=O)NC(C)c1ccc(Cl)c(Cl)c1. The van der Waals surface area contributed by atoms with Gasteiger partial charge in [-0.3, -0.25) is 0 Å². The number of nitrogens with zero attached hydrogens (tertiary/aromatic N) is 1. The van der Waals surface area contributed by atoms with Gasteiger partial charge in [0.15, 0.2) is 0 Å². The minimum atomic E-state index is -3.35. The molecular formula is C15H23Cl2N3O3S. The molecule has 136 valence electrons. The fourth-order valence-corrected chi connectivity index (χ4v) is 3.86. The molecule has 1 unspecified atom stereocenters. The molecule has 6 nitrogen and oxygen atoms in total. The van der Waals surface area contributed by atoms with E-state index in [1.54, 1.807) is 39.0 Å². The molecule has 0 aromatic heterocycles. The third-order valence-corrected chi connectivity index (χ3v) is 6.30. The van der Waals surface area contributed by atoms with Gasteiger partial charge < -0.3 is 10.6 Å². The lowest BCUT2D eigenvalue weighted by Crippen LogP contribution is -2.41. The Balaban J connectivity index is 2.50. The molecule has 2 amide bonds. The number of carbonyl (C=O) groups is 1. The predicted molar refractivity (Wildman–Crippen MR) is 98.1 cm³/mol. The Morgan fingerprint density at radius 1 is 1.21 bits per heavy atom. The second-order valence-corrected chi connectivity index (χ2v) is 8.10. The van der Waals surface area contributed by atoms with E-state index in [1.165, 1.54) is 4.31 Å². The lowest BCUT2D eigenvalue weighted by atomic mass is 10.1. The third-order valence-electron chi connectivity index (χ3n) is 3.54. The van der Waals surface area contributed by atoms with Crippen LogP contribution in [0.3, 0.4) is 0 Å². The summed E-state index contributed by atoms with van der Waals surface area (Å²) in [6.45, 7) is 6.23. The van der Waals surface area contributed by atoms with Crippen molar-refractivity contribution in [2.75, 3.05) is 25.4 Å². The molecule has 1 rings (SSSR count). The van der Waals surface area contributed by atoms with Crippen molar-refractivity contribution in [2.24, 2.45) is 0 Å². The highest BCUT2D eigenvalue weighted by Crippen LogP contribution is 2.25. The van der Waals surface area contributed by atoms with Gasteiger partial charge in [-0.1, -0.05) is 43.1 Å². The maximum Gasteiger partial charge on any atom is 0.315 e. The number of sulfonamides is 1. The fraction of sp³-hybridized carbons (Fsp3) is 0.533. The van der Waals surface area contributed by atoms with E-state index in [-0.39, 0.29) is 18.3 Å². The standard InChI is InChI=1S/C15H23Cl2N3O3S/c1-4-20(5-2)24(22,23)9-8-18-15(21)19-11(3)12-6-7-13(16)14(17)10-12/h6-7,10-11H,4-5,8-9H2,1-3H3,(H2,18,19,21). The van der Waals surface area contributed by atoms with Gasteiger partial charge in [0.1, 0.15) is 0 Å². The molecule has 0 saturated carbocycles. The van der Waals surface area contributed by atoms with Crippen LogP contribution >= 0.6 is 23.2 Å². The zero-order valence-electron chi connectivity index (χ0n) is 14.0. The summed E-state index contributed by atoms with van der Waals surface area (Å²) in [7, 11) is -3.35.